The van der Waals surface area contributed by atoms with E-state index in [1.165, 1.54) is 43.0 Å². The zero-order valence-corrected chi connectivity index (χ0v) is 80.6. The second-order valence-electron chi connectivity index (χ2n) is 43.6. The number of hydrogen-bond donors (Lipinski definition) is 0. The monoisotopic (exact) mass is 1790 g/mol. The largest absolute Gasteiger partial charge is 0.457 e. The fourth-order valence-corrected chi connectivity index (χ4v) is 23.8. The molecule has 1 aliphatic carbocycles. The summed E-state index contributed by atoms with van der Waals surface area (Å²) >= 11 is 1.97. The number of nitrogens with zero attached hydrogens (tertiary/aromatic N) is 2. The number of ether oxygens (including phenoxy) is 4. The number of aryl methyl sites for hydroxylation is 2. The highest BCUT2D eigenvalue weighted by Crippen LogP contribution is 2.67. The van der Waals surface area contributed by atoms with Gasteiger partial charge in [-0.1, -0.05) is 243 Å². The third kappa shape index (κ3) is 16.5. The molecule has 0 radical (unpaired) electrons. The lowest BCUT2D eigenvalue weighted by atomic mass is 9.72. The number of thiophene rings is 2. The van der Waals surface area contributed by atoms with Gasteiger partial charge in [-0.25, -0.2) is 4.90 Å². The average molecular weight is 1800 g/mol. The fourth-order valence-electron chi connectivity index (χ4n) is 21.7. The van der Waals surface area contributed by atoms with Gasteiger partial charge in [0.15, 0.2) is 0 Å². The lowest BCUT2D eigenvalue weighted by molar-refractivity contribution is -0.254. The lowest BCUT2D eigenvalue weighted by Gasteiger charge is -2.35. The Labute approximate surface area is 767 Å². The zero-order valence-electron chi connectivity index (χ0n) is 79.0. The Morgan fingerprint density at radius 2 is 0.592 bits per heavy atom. The Bertz CT molecular complexity index is 6450. The van der Waals surface area contributed by atoms with E-state index in [0.29, 0.717) is 89.5 Å². The smallest absolute Gasteiger partial charge is 0.380 e. The van der Waals surface area contributed by atoms with Gasteiger partial charge < -0.3 is 18.9 Å². The van der Waals surface area contributed by atoms with Crippen molar-refractivity contribution in [3.05, 3.63) is 253 Å². The van der Waals surface area contributed by atoms with Crippen molar-refractivity contribution < 1.29 is 64.5 Å². The first kappa shape index (κ1) is 92.2. The van der Waals surface area contributed by atoms with Gasteiger partial charge in [-0.05, 0) is 237 Å². The first-order chi connectivity index (χ1) is 60.5. The second kappa shape index (κ2) is 32.1. The molecule has 18 heteroatoms. The van der Waals surface area contributed by atoms with Crippen LogP contribution in [0.25, 0.3) is 75.1 Å². The second-order valence-corrected chi connectivity index (χ2v) is 46.1. The SMILES string of the molecule is CCC(CC)N1C(=O)c2cc(Oc3ccc(C(C)(C)CC(C)(C)C)cc3)c3c4c(Oc5ccc(C(C)(C)CC(C)(C)C)cc5)cc5c6c(cc(Oc7ccc(C(C)(C)CC(C)(C)C)cc7)c(c7c(Oc8ccc(C(C)(C)CC(C)(C)C)cc8)cc(c2c37)C1=O)c64)C(=O)N(c1ccc(-c2cc(C3=C(c4cc(-c6ccccc6)sc4C)C(F)(F)C(F)(F)C3(F)F)c(C)s2)cc1)C5=O. The molecule has 676 valence electrons. The topological polar surface area (TPSA) is 112 Å². The molecule has 0 spiro atoms. The maximum Gasteiger partial charge on any atom is 0.380 e. The molecule has 2 aromatic heterocycles. The van der Waals surface area contributed by atoms with Crippen molar-refractivity contribution in [2.24, 2.45) is 21.7 Å². The molecule has 0 atom stereocenters. The molecule has 13 aromatic rings. The van der Waals surface area contributed by atoms with Crippen molar-refractivity contribution in [2.45, 2.75) is 250 Å². The van der Waals surface area contributed by atoms with Crippen LogP contribution in [-0.2, 0) is 21.7 Å². The molecule has 0 fully saturated rings. The van der Waals surface area contributed by atoms with E-state index in [4.69, 9.17) is 18.9 Å². The Hall–Kier alpha value is -11.1. The Kier molecular flexibility index (Phi) is 22.8. The number of fused-ring (bicyclic) bond motifs is 2. The van der Waals surface area contributed by atoms with Gasteiger partial charge in [0.05, 0.1) is 27.9 Å². The van der Waals surface area contributed by atoms with Gasteiger partial charge in [-0.3, -0.25) is 24.1 Å². The van der Waals surface area contributed by atoms with E-state index in [2.05, 4.69) is 163 Å². The van der Waals surface area contributed by atoms with Crippen molar-refractivity contribution >= 4 is 106 Å². The van der Waals surface area contributed by atoms with Crippen LogP contribution in [0, 0.1) is 35.5 Å². The molecule has 0 saturated heterocycles. The van der Waals surface area contributed by atoms with Crippen LogP contribution < -0.4 is 23.8 Å². The van der Waals surface area contributed by atoms with E-state index in [0.717, 1.165) is 75.5 Å². The van der Waals surface area contributed by atoms with Crippen molar-refractivity contribution in [3.8, 4) is 66.9 Å². The van der Waals surface area contributed by atoms with Gasteiger partial charge in [-0.2, -0.15) is 26.3 Å². The summed E-state index contributed by atoms with van der Waals surface area (Å²) in [7, 11) is 0. The van der Waals surface area contributed by atoms with Gasteiger partial charge in [0.2, 0.25) is 0 Å². The molecule has 130 heavy (non-hydrogen) atoms. The van der Waals surface area contributed by atoms with Gasteiger partial charge >= 0.3 is 17.8 Å². The fraction of sp³-hybridized carbons (Fsp3) is 0.375. The minimum absolute atomic E-state index is 0.00566. The Morgan fingerprint density at radius 3 is 0.862 bits per heavy atom. The number of anilines is 1. The third-order valence-electron chi connectivity index (χ3n) is 26.1. The summed E-state index contributed by atoms with van der Waals surface area (Å²) in [6, 6.07) is 55.0. The predicted molar refractivity (Wildman–Crippen MR) is 519 cm³/mol. The van der Waals surface area contributed by atoms with E-state index in [9.17, 15) is 0 Å². The van der Waals surface area contributed by atoms with Gasteiger partial charge in [-0.15, -0.1) is 22.7 Å². The van der Waals surface area contributed by atoms with E-state index in [-0.39, 0.29) is 114 Å². The Morgan fingerprint density at radius 1 is 0.323 bits per heavy atom. The molecule has 10 nitrogen and oxygen atoms in total. The van der Waals surface area contributed by atoms with Crippen molar-refractivity contribution in [1.29, 1.82) is 0 Å². The van der Waals surface area contributed by atoms with E-state index in [1.54, 1.807) is 66.7 Å². The molecule has 3 aliphatic rings. The highest BCUT2D eigenvalue weighted by Gasteiger charge is 2.80. The molecule has 4 heterocycles. The summed E-state index contributed by atoms with van der Waals surface area (Å²) in [6.45, 7) is 51.0. The highest BCUT2D eigenvalue weighted by molar-refractivity contribution is 7.16. The minimum atomic E-state index is -5.82. The van der Waals surface area contributed by atoms with Gasteiger partial charge in [0.1, 0.15) is 46.0 Å². The van der Waals surface area contributed by atoms with Crippen molar-refractivity contribution in [3.63, 3.8) is 0 Å². The number of allylic oxidation sites excluding steroid dienone is 2. The molecular formula is C112H116F6N2O8S2. The average Bonchev–Trinajstić information content (AvgIpc) is 0.881. The summed E-state index contributed by atoms with van der Waals surface area (Å²) in [5.41, 5.74) is 0.400. The number of carbonyl (C=O) groups is 4. The molecule has 0 saturated carbocycles. The van der Waals surface area contributed by atoms with Crippen LogP contribution in [0.3, 0.4) is 0 Å². The standard InChI is InChI=1S/C112H116F6N2O8S2/c1-25-70(26-2)119-98(121)78-52-82(125-72-44-34-66(35-45-72)106(17,18)58-102(5,6)7)90-92-84(127-74-48-38-68(39-49-74)108(21,22)60-104(11,12)13)54-80-89-81(101(124)120(100(80)123)71-42-32-65(33-43-71)87-57-77(63(4)130-87)97-96(110(113,114)112(117,118)111(97,115)116)76-56-86(129-62(76)3)64-30-28-27-29-31-64)55-85(128-75-50-40-69(41-51-75)109(23,24)61-105(14,15)16)93(95(89)92)91-83(53-79(99(119)122)88(78)94(90)91)126-73-46-36-67(37-47-73)107(19,20)59-103(8,9)10/h27-57,70H,25-26,58-61H2,1-24H3. The van der Waals surface area contributed by atoms with Crippen LogP contribution in [0.4, 0.5) is 32.0 Å². The molecule has 0 N–H and O–H groups in total. The maximum atomic E-state index is 16.8. The summed E-state index contributed by atoms with van der Waals surface area (Å²) in [6.07, 6.45) is 4.29. The summed E-state index contributed by atoms with van der Waals surface area (Å²) in [4.78, 5) is 69.4. The number of rotatable bonds is 24. The van der Waals surface area contributed by atoms with Gasteiger partial charge in [0, 0.05) is 79.8 Å². The number of halogens is 6. The van der Waals surface area contributed by atoms with Crippen LogP contribution in [0.2, 0.25) is 0 Å². The van der Waals surface area contributed by atoms with Crippen LogP contribution >= 0.6 is 22.7 Å². The van der Waals surface area contributed by atoms with E-state index in [1.807, 2.05) is 86.6 Å². The molecule has 11 aromatic carbocycles. The molecule has 16 rings (SSSR count). The van der Waals surface area contributed by atoms with Crippen LogP contribution in [0.1, 0.15) is 275 Å². The van der Waals surface area contributed by atoms with Crippen LogP contribution in [0.15, 0.2) is 188 Å². The van der Waals surface area contributed by atoms with Crippen LogP contribution in [-0.4, -0.2) is 52.3 Å². The maximum absolute atomic E-state index is 16.8. The first-order valence-corrected chi connectivity index (χ1v) is 46.7. The van der Waals surface area contributed by atoms with E-state index < -0.39 is 69.7 Å². The number of hydrogen-bond acceptors (Lipinski definition) is 10. The predicted octanol–water partition coefficient (Wildman–Crippen LogP) is 33.3. The minimum Gasteiger partial charge on any atom is -0.457 e. The summed E-state index contributed by atoms with van der Waals surface area (Å²) in [5.74, 6) is -17.0. The van der Waals surface area contributed by atoms with E-state index >= 15 is 45.5 Å². The normalized spacial score (nSPS) is 15.7. The number of alkyl halides is 6. The number of imide groups is 2. The molecular weight excluding hydrogens is 1680 g/mol. The third-order valence-corrected chi connectivity index (χ3v) is 28.3. The number of benzene rings is 11. The quantitative estimate of drug-likeness (QED) is 0.0255. The Balaban J connectivity index is 0.977. The van der Waals surface area contributed by atoms with Crippen molar-refractivity contribution in [1.82, 2.24) is 4.90 Å². The highest BCUT2D eigenvalue weighted by atomic mass is 32.1. The molecule has 2 aliphatic heterocycles. The zero-order chi connectivity index (χ0) is 94.2. The summed E-state index contributed by atoms with van der Waals surface area (Å²) in [5, 5.41) is 2.48. The van der Waals surface area contributed by atoms with Crippen molar-refractivity contribution in [2.75, 3.05) is 4.90 Å². The lowest BCUT2D eigenvalue weighted by Crippen LogP contribution is -2.48. The molecule has 0 bridgehead atoms. The number of carbonyl (C=O) groups excluding carboxylic acids is 4. The van der Waals surface area contributed by atoms with Crippen LogP contribution in [0.5, 0.6) is 46.0 Å². The first-order valence-electron chi connectivity index (χ1n) is 45.1. The molecule has 4 amide bonds. The number of amides is 4. The molecule has 0 unspecified atom stereocenters. The van der Waals surface area contributed by atoms with Gasteiger partial charge in [0.25, 0.3) is 23.6 Å². The summed E-state index contributed by atoms with van der Waals surface area (Å²) < 4.78 is 129.